The third-order valence-corrected chi connectivity index (χ3v) is 9.25. The van der Waals surface area contributed by atoms with Crippen molar-refractivity contribution in [3.8, 4) is 11.4 Å². The van der Waals surface area contributed by atoms with Gasteiger partial charge in [-0.3, -0.25) is 13.9 Å². The average molecular weight is 547 g/mol. The molecule has 38 heavy (non-hydrogen) atoms. The zero-order valence-corrected chi connectivity index (χ0v) is 23.2. The number of benzene rings is 2. The summed E-state index contributed by atoms with van der Waals surface area (Å²) < 4.78 is 45.3. The molecule has 0 saturated carbocycles. The zero-order valence-electron chi connectivity index (χ0n) is 22.4. The highest BCUT2D eigenvalue weighted by Crippen LogP contribution is 2.37. The highest BCUT2D eigenvalue weighted by atomic mass is 32.2. The van der Waals surface area contributed by atoms with Crippen LogP contribution >= 0.6 is 0 Å². The number of carbonyl (C=O) groups is 1. The summed E-state index contributed by atoms with van der Waals surface area (Å²) in [7, 11) is -3.06. The molecule has 0 amide bonds. The molecule has 1 aliphatic rings. The summed E-state index contributed by atoms with van der Waals surface area (Å²) in [6.07, 6.45) is -0.481. The first-order chi connectivity index (χ1) is 17.6. The van der Waals surface area contributed by atoms with E-state index in [1.165, 1.54) is 16.1 Å². The summed E-state index contributed by atoms with van der Waals surface area (Å²) in [5.41, 5.74) is -0.246. The molecule has 4 rings (SSSR count). The monoisotopic (exact) mass is 546 g/mol. The van der Waals surface area contributed by atoms with Gasteiger partial charge >= 0.3 is 5.69 Å². The number of nitrogens with zero attached hydrogens (tertiary/aromatic N) is 2. The molecule has 1 saturated heterocycles. The molecule has 0 spiro atoms. The first-order valence-electron chi connectivity index (χ1n) is 12.7. The quantitative estimate of drug-likeness (QED) is 0.414. The van der Waals surface area contributed by atoms with Gasteiger partial charge in [0.25, 0.3) is 0 Å². The van der Waals surface area contributed by atoms with Crippen LogP contribution in [-0.2, 0) is 9.84 Å². The number of Topliss-reactive ketones (excluding diaryl/α,β-unsaturated/α-hetero) is 1. The Morgan fingerprint density at radius 1 is 1.13 bits per heavy atom. The van der Waals surface area contributed by atoms with Crippen molar-refractivity contribution in [3.63, 3.8) is 0 Å². The molecule has 0 aliphatic carbocycles. The Balaban J connectivity index is 1.81. The number of sulfone groups is 1. The lowest BCUT2D eigenvalue weighted by molar-refractivity contribution is 0.0307. The smallest absolute Gasteiger partial charge is 0.334 e. The molecule has 1 aliphatic heterocycles. The van der Waals surface area contributed by atoms with E-state index in [1.807, 2.05) is 6.92 Å². The molecule has 2 atom stereocenters. The van der Waals surface area contributed by atoms with Gasteiger partial charge in [-0.1, -0.05) is 13.0 Å². The van der Waals surface area contributed by atoms with Gasteiger partial charge in [0.05, 0.1) is 39.9 Å². The second kappa shape index (κ2) is 9.96. The van der Waals surface area contributed by atoms with Crippen molar-refractivity contribution in [3.05, 3.63) is 58.5 Å². The number of rotatable bonds is 8. The molecule has 206 valence electrons. The van der Waals surface area contributed by atoms with Gasteiger partial charge in [0, 0.05) is 25.0 Å². The SMILES string of the molecule is CC(F)Oc1cccc(-n2c(=O)n([C@H](C)C(C)(C)O)c3cc(C(=O)CC4(C)CCS(=O)(=O)CC4)ccc32)c1. The number of alkyl halides is 1. The largest absolute Gasteiger partial charge is 0.461 e. The number of halogens is 1. The Kier molecular flexibility index (Phi) is 7.35. The predicted molar refractivity (Wildman–Crippen MR) is 145 cm³/mol. The number of hydrogen-bond donors (Lipinski definition) is 1. The standard InChI is InChI=1S/C28H35FN2O6S/c1-18(27(3,4)34)30-24-15-20(25(32)17-28(5)11-13-38(35,36)14-12-28)9-10-23(24)31(26(30)33)21-7-6-8-22(16-21)37-19(2)29/h6-10,15-16,18-19,34H,11-14,17H2,1-5H3/t18-,19?/m1/s1. The lowest BCUT2D eigenvalue weighted by atomic mass is 9.78. The van der Waals surface area contributed by atoms with Gasteiger partial charge in [-0.05, 0) is 69.4 Å². The van der Waals surface area contributed by atoms with E-state index in [4.69, 9.17) is 4.74 Å². The van der Waals surface area contributed by atoms with E-state index in [2.05, 4.69) is 0 Å². The summed E-state index contributed by atoms with van der Waals surface area (Å²) >= 11 is 0. The van der Waals surface area contributed by atoms with E-state index in [0.717, 1.165) is 0 Å². The lowest BCUT2D eigenvalue weighted by Crippen LogP contribution is -2.37. The summed E-state index contributed by atoms with van der Waals surface area (Å²) in [5.74, 6) is 0.273. The van der Waals surface area contributed by atoms with Crippen LogP contribution in [0, 0.1) is 5.41 Å². The molecule has 3 aromatic rings. The number of aliphatic hydroxyl groups is 1. The second-order valence-corrected chi connectivity index (χ2v) is 13.5. The van der Waals surface area contributed by atoms with E-state index in [-0.39, 0.29) is 29.5 Å². The maximum Gasteiger partial charge on any atom is 0.334 e. The third-order valence-electron chi connectivity index (χ3n) is 7.60. The van der Waals surface area contributed by atoms with Crippen LogP contribution in [0.3, 0.4) is 0 Å². The maximum absolute atomic E-state index is 13.8. The Morgan fingerprint density at radius 3 is 2.39 bits per heavy atom. The Hall–Kier alpha value is -2.98. The summed E-state index contributed by atoms with van der Waals surface area (Å²) in [4.78, 5) is 27.1. The van der Waals surface area contributed by atoms with Crippen molar-refractivity contribution >= 4 is 26.7 Å². The van der Waals surface area contributed by atoms with E-state index in [9.17, 15) is 27.5 Å². The molecule has 2 heterocycles. The number of fused-ring (bicyclic) bond motifs is 1. The molecule has 2 aromatic carbocycles. The molecule has 1 fully saturated rings. The molecule has 1 N–H and O–H groups in total. The van der Waals surface area contributed by atoms with Crippen molar-refractivity contribution in [1.29, 1.82) is 0 Å². The van der Waals surface area contributed by atoms with Crippen LogP contribution in [0.2, 0.25) is 0 Å². The second-order valence-electron chi connectivity index (χ2n) is 11.2. The Bertz CT molecular complexity index is 1520. The highest BCUT2D eigenvalue weighted by molar-refractivity contribution is 7.91. The molecule has 1 unspecified atom stereocenters. The molecular formula is C28H35FN2O6S. The molecule has 0 radical (unpaired) electrons. The van der Waals surface area contributed by atoms with Gasteiger partial charge in [0.15, 0.2) is 5.78 Å². The normalized spacial score (nSPS) is 18.7. The van der Waals surface area contributed by atoms with E-state index >= 15 is 0 Å². The average Bonchev–Trinajstić information content (AvgIpc) is 3.10. The number of aromatic nitrogens is 2. The number of imidazole rings is 1. The van der Waals surface area contributed by atoms with Gasteiger partial charge < -0.3 is 9.84 Å². The fraction of sp³-hybridized carbons (Fsp3) is 0.500. The molecular weight excluding hydrogens is 511 g/mol. The van der Waals surface area contributed by atoms with Crippen molar-refractivity contribution in [2.24, 2.45) is 5.41 Å². The van der Waals surface area contributed by atoms with Crippen LogP contribution in [0.5, 0.6) is 5.75 Å². The molecule has 10 heteroatoms. The zero-order chi connectivity index (χ0) is 28.0. The van der Waals surface area contributed by atoms with Gasteiger partial charge in [0.2, 0.25) is 6.36 Å². The summed E-state index contributed by atoms with van der Waals surface area (Å²) in [6, 6.07) is 10.9. The summed E-state index contributed by atoms with van der Waals surface area (Å²) in [6.45, 7) is 8.15. The predicted octanol–water partition coefficient (Wildman–Crippen LogP) is 4.61. The number of ketones is 1. The molecule has 8 nitrogen and oxygen atoms in total. The number of carbonyl (C=O) groups excluding carboxylic acids is 1. The Morgan fingerprint density at radius 2 is 1.79 bits per heavy atom. The maximum atomic E-state index is 13.8. The fourth-order valence-electron chi connectivity index (χ4n) is 4.91. The van der Waals surface area contributed by atoms with Crippen LogP contribution in [0.4, 0.5) is 4.39 Å². The molecule has 1 aromatic heterocycles. The minimum atomic E-state index is -3.06. The van der Waals surface area contributed by atoms with Crippen LogP contribution in [-0.4, -0.2) is 51.9 Å². The highest BCUT2D eigenvalue weighted by Gasteiger charge is 2.35. The van der Waals surface area contributed by atoms with Crippen molar-refractivity contribution in [2.45, 2.75) is 71.9 Å². The first-order valence-corrected chi connectivity index (χ1v) is 14.6. The topological polar surface area (TPSA) is 108 Å². The summed E-state index contributed by atoms with van der Waals surface area (Å²) in [5, 5.41) is 10.8. The van der Waals surface area contributed by atoms with Crippen molar-refractivity contribution in [2.75, 3.05) is 11.5 Å². The van der Waals surface area contributed by atoms with Gasteiger partial charge in [-0.15, -0.1) is 0 Å². The molecule has 0 bridgehead atoms. The third kappa shape index (κ3) is 5.71. The first kappa shape index (κ1) is 28.0. The fourth-order valence-corrected chi connectivity index (χ4v) is 6.72. The van der Waals surface area contributed by atoms with Gasteiger partial charge in [-0.2, -0.15) is 0 Å². The van der Waals surface area contributed by atoms with Crippen LogP contribution < -0.4 is 10.4 Å². The van der Waals surface area contributed by atoms with Crippen molar-refractivity contribution < 1.29 is 27.4 Å². The van der Waals surface area contributed by atoms with E-state index in [0.29, 0.717) is 35.1 Å². The van der Waals surface area contributed by atoms with E-state index < -0.39 is 38.9 Å². The van der Waals surface area contributed by atoms with Crippen LogP contribution in [0.25, 0.3) is 16.7 Å². The van der Waals surface area contributed by atoms with Crippen molar-refractivity contribution in [1.82, 2.24) is 9.13 Å². The lowest BCUT2D eigenvalue weighted by Gasteiger charge is -2.32. The van der Waals surface area contributed by atoms with E-state index in [1.54, 1.807) is 63.2 Å². The number of hydrogen-bond acceptors (Lipinski definition) is 6. The minimum Gasteiger partial charge on any atom is -0.461 e. The Labute approximate surface area is 222 Å². The van der Waals surface area contributed by atoms with Gasteiger partial charge in [0.1, 0.15) is 15.6 Å². The van der Waals surface area contributed by atoms with Gasteiger partial charge in [-0.25, -0.2) is 17.6 Å². The van der Waals surface area contributed by atoms with Crippen LogP contribution in [0.15, 0.2) is 47.3 Å². The van der Waals surface area contributed by atoms with Crippen LogP contribution in [0.1, 0.15) is 70.3 Å². The number of ether oxygens (including phenoxy) is 1. The minimum absolute atomic E-state index is 0.0747.